The Morgan fingerprint density at radius 2 is 2.04 bits per heavy atom. The molecule has 0 bridgehead atoms. The van der Waals surface area contributed by atoms with Gasteiger partial charge in [0, 0.05) is 49.3 Å². The van der Waals surface area contributed by atoms with E-state index >= 15 is 0 Å². The molecular weight excluding hydrogens is 352 g/mol. The van der Waals surface area contributed by atoms with E-state index in [4.69, 9.17) is 12.2 Å². The van der Waals surface area contributed by atoms with E-state index in [-0.39, 0.29) is 6.04 Å². The number of likely N-dealkylation sites (N-methyl/N-ethyl adjacent to an activating group) is 1. The van der Waals surface area contributed by atoms with Crippen LogP contribution in [-0.2, 0) is 13.0 Å². The number of hydrogen-bond acceptors (Lipinski definition) is 2. The van der Waals surface area contributed by atoms with Gasteiger partial charge in [-0.1, -0.05) is 18.2 Å². The zero-order valence-corrected chi connectivity index (χ0v) is 17.6. The zero-order valence-electron chi connectivity index (χ0n) is 16.8. The lowest BCUT2D eigenvalue weighted by atomic mass is 9.81. The van der Waals surface area contributed by atoms with Crippen LogP contribution >= 0.6 is 12.2 Å². The molecule has 144 valence electrons. The van der Waals surface area contributed by atoms with Gasteiger partial charge in [0.1, 0.15) is 0 Å². The van der Waals surface area contributed by atoms with Crippen molar-refractivity contribution < 1.29 is 0 Å². The Kier molecular flexibility index (Phi) is 4.99. The van der Waals surface area contributed by atoms with Crippen LogP contribution in [0.5, 0.6) is 0 Å². The van der Waals surface area contributed by atoms with Gasteiger partial charge in [-0.15, -0.1) is 0 Å². The van der Waals surface area contributed by atoms with Gasteiger partial charge in [0.25, 0.3) is 0 Å². The van der Waals surface area contributed by atoms with Crippen molar-refractivity contribution in [3.05, 3.63) is 41.6 Å². The maximum Gasteiger partial charge on any atom is 0.169 e. The van der Waals surface area contributed by atoms with E-state index < -0.39 is 0 Å². The number of aryl methyl sites for hydroxylation is 1. The highest BCUT2D eigenvalue weighted by molar-refractivity contribution is 7.80. The molecule has 4 rings (SSSR count). The van der Waals surface area contributed by atoms with Gasteiger partial charge >= 0.3 is 0 Å². The van der Waals surface area contributed by atoms with E-state index in [1.807, 2.05) is 0 Å². The Morgan fingerprint density at radius 1 is 1.26 bits per heavy atom. The quantitative estimate of drug-likeness (QED) is 0.818. The molecule has 1 aromatic heterocycles. The summed E-state index contributed by atoms with van der Waals surface area (Å²) in [6.07, 6.45) is 5.89. The van der Waals surface area contributed by atoms with E-state index in [1.165, 1.54) is 27.6 Å². The Bertz CT molecular complexity index is 893. The van der Waals surface area contributed by atoms with Gasteiger partial charge in [-0.2, -0.15) is 0 Å². The molecule has 2 atom stereocenters. The summed E-state index contributed by atoms with van der Waals surface area (Å²) in [5.74, 6) is 0. The van der Waals surface area contributed by atoms with Crippen LogP contribution in [0.15, 0.2) is 30.5 Å². The third kappa shape index (κ3) is 3.07. The first kappa shape index (κ1) is 18.5. The molecule has 0 saturated heterocycles. The maximum atomic E-state index is 5.65. The number of rotatable bonds is 4. The van der Waals surface area contributed by atoms with E-state index in [2.05, 4.69) is 78.0 Å². The normalized spacial score (nSPS) is 21.7. The van der Waals surface area contributed by atoms with Crippen molar-refractivity contribution >= 4 is 33.8 Å². The second-order valence-electron chi connectivity index (χ2n) is 7.65. The second-order valence-corrected chi connectivity index (χ2v) is 8.04. The van der Waals surface area contributed by atoms with Gasteiger partial charge in [0.15, 0.2) is 5.11 Å². The van der Waals surface area contributed by atoms with Gasteiger partial charge in [0.2, 0.25) is 0 Å². The summed E-state index contributed by atoms with van der Waals surface area (Å²) in [4.78, 5) is 4.70. The SMILES string of the molecule is CCN(CC)C(=S)N[C@H]1C=C2c3cccc4c3c(cn4CC)C[C@H]2N(C)C1. The number of nitrogens with zero attached hydrogens (tertiary/aromatic N) is 3. The van der Waals surface area contributed by atoms with Gasteiger partial charge in [-0.05, 0) is 69.2 Å². The van der Waals surface area contributed by atoms with E-state index in [9.17, 15) is 0 Å². The van der Waals surface area contributed by atoms with Crippen LogP contribution in [0.2, 0.25) is 0 Å². The molecule has 5 heteroatoms. The predicted molar refractivity (Wildman–Crippen MR) is 118 cm³/mol. The number of thiocarbonyl (C=S) groups is 1. The van der Waals surface area contributed by atoms with Crippen LogP contribution in [0, 0.1) is 0 Å². The van der Waals surface area contributed by atoms with Crippen LogP contribution in [0.25, 0.3) is 16.5 Å². The molecule has 0 fully saturated rings. The van der Waals surface area contributed by atoms with E-state index in [0.29, 0.717) is 6.04 Å². The van der Waals surface area contributed by atoms with Crippen LogP contribution in [0.4, 0.5) is 0 Å². The van der Waals surface area contributed by atoms with Crippen molar-refractivity contribution in [3.8, 4) is 0 Å². The third-order valence-electron chi connectivity index (χ3n) is 6.17. The summed E-state index contributed by atoms with van der Waals surface area (Å²) >= 11 is 5.65. The van der Waals surface area contributed by atoms with Crippen molar-refractivity contribution in [2.45, 2.75) is 45.8 Å². The number of hydrogen-bond donors (Lipinski definition) is 1. The molecule has 27 heavy (non-hydrogen) atoms. The number of aromatic nitrogens is 1. The molecule has 1 aromatic carbocycles. The second kappa shape index (κ2) is 7.28. The summed E-state index contributed by atoms with van der Waals surface area (Å²) in [5, 5.41) is 5.90. The smallest absolute Gasteiger partial charge is 0.169 e. The number of fused-ring (bicyclic) bond motifs is 2. The fraction of sp³-hybridized carbons (Fsp3) is 0.500. The average molecular weight is 383 g/mol. The molecule has 2 aromatic rings. The van der Waals surface area contributed by atoms with Gasteiger partial charge < -0.3 is 14.8 Å². The third-order valence-corrected chi connectivity index (χ3v) is 6.54. The first-order valence-corrected chi connectivity index (χ1v) is 10.6. The molecule has 0 saturated carbocycles. The molecule has 0 unspecified atom stereocenters. The van der Waals surface area contributed by atoms with E-state index in [1.54, 1.807) is 0 Å². The highest BCUT2D eigenvalue weighted by Crippen LogP contribution is 2.40. The van der Waals surface area contributed by atoms with Crippen LogP contribution in [-0.4, -0.2) is 58.2 Å². The first-order chi connectivity index (χ1) is 13.1. The molecule has 1 N–H and O–H groups in total. The van der Waals surface area contributed by atoms with Crippen molar-refractivity contribution in [3.63, 3.8) is 0 Å². The van der Waals surface area contributed by atoms with Crippen LogP contribution in [0.1, 0.15) is 31.9 Å². The molecule has 1 aliphatic carbocycles. The fourth-order valence-electron chi connectivity index (χ4n) is 4.74. The van der Waals surface area contributed by atoms with Crippen molar-refractivity contribution in [1.29, 1.82) is 0 Å². The average Bonchev–Trinajstić information content (AvgIpc) is 3.03. The molecule has 0 amide bonds. The molecule has 2 heterocycles. The molecule has 4 nitrogen and oxygen atoms in total. The van der Waals surface area contributed by atoms with Crippen molar-refractivity contribution in [1.82, 2.24) is 19.7 Å². The van der Waals surface area contributed by atoms with Crippen molar-refractivity contribution in [2.24, 2.45) is 0 Å². The Labute approximate surface area is 167 Å². The van der Waals surface area contributed by atoms with Crippen LogP contribution in [0.3, 0.4) is 0 Å². The summed E-state index contributed by atoms with van der Waals surface area (Å²) in [6.45, 7) is 10.4. The number of nitrogens with one attached hydrogen (secondary N) is 1. The highest BCUT2D eigenvalue weighted by atomic mass is 32.1. The number of benzene rings is 1. The first-order valence-electron chi connectivity index (χ1n) is 10.2. The topological polar surface area (TPSA) is 23.4 Å². The van der Waals surface area contributed by atoms with Gasteiger partial charge in [-0.3, -0.25) is 4.90 Å². The summed E-state index contributed by atoms with van der Waals surface area (Å²) in [5.41, 5.74) is 5.70. The zero-order chi connectivity index (χ0) is 19.1. The molecule has 2 aliphatic rings. The minimum absolute atomic E-state index is 0.249. The molecule has 1 aliphatic heterocycles. The Balaban J connectivity index is 1.72. The summed E-state index contributed by atoms with van der Waals surface area (Å²) in [7, 11) is 2.24. The Morgan fingerprint density at radius 3 is 2.74 bits per heavy atom. The van der Waals surface area contributed by atoms with Crippen molar-refractivity contribution in [2.75, 3.05) is 26.7 Å². The van der Waals surface area contributed by atoms with E-state index in [0.717, 1.165) is 37.7 Å². The predicted octanol–water partition coefficient (Wildman–Crippen LogP) is 3.50. The van der Waals surface area contributed by atoms with Gasteiger partial charge in [0.05, 0.1) is 6.04 Å². The molecule has 0 radical (unpaired) electrons. The standard InChI is InChI=1S/C22H30N4S/c1-5-25(6-2)22(27)23-16-12-18-17-9-8-10-19-21(17)15(13-26(19)7-3)11-20(18)24(4)14-16/h8-10,12-13,16,20H,5-7,11,14H2,1-4H3,(H,23,27)/t16-,20+/m0/s1. The lowest BCUT2D eigenvalue weighted by Gasteiger charge is -2.40. The monoisotopic (exact) mass is 382 g/mol. The lowest BCUT2D eigenvalue weighted by Crippen LogP contribution is -2.52. The fourth-order valence-corrected chi connectivity index (χ4v) is 5.15. The largest absolute Gasteiger partial charge is 0.355 e. The minimum atomic E-state index is 0.249. The van der Waals surface area contributed by atoms with Gasteiger partial charge in [-0.25, -0.2) is 0 Å². The minimum Gasteiger partial charge on any atom is -0.355 e. The summed E-state index contributed by atoms with van der Waals surface area (Å²) < 4.78 is 2.39. The Hall–Kier alpha value is -1.85. The maximum absolute atomic E-state index is 5.65. The molecule has 0 spiro atoms. The molecular formula is C22H30N4S. The lowest BCUT2D eigenvalue weighted by molar-refractivity contribution is 0.260. The highest BCUT2D eigenvalue weighted by Gasteiger charge is 2.34. The van der Waals surface area contributed by atoms with Crippen LogP contribution < -0.4 is 5.32 Å². The summed E-state index contributed by atoms with van der Waals surface area (Å²) in [6, 6.07) is 7.46.